The molecule has 7 heavy (non-hydrogen) atoms. The second-order valence-corrected chi connectivity index (χ2v) is 2.17. The Morgan fingerprint density at radius 3 is 2.57 bits per heavy atom. The fourth-order valence-corrected chi connectivity index (χ4v) is 0.587. The molecule has 0 aliphatic carbocycles. The number of rotatable bonds is 2. The Morgan fingerprint density at radius 1 is 1.86 bits per heavy atom. The highest BCUT2D eigenvalue weighted by Gasteiger charge is 2.02. The Hall–Kier alpha value is -0.200. The van der Waals surface area contributed by atoms with E-state index >= 15 is 0 Å². The lowest BCUT2D eigenvalue weighted by molar-refractivity contribution is 0.506. The third kappa shape index (κ3) is 5.80. The summed E-state index contributed by atoms with van der Waals surface area (Å²) >= 11 is 0. The molecule has 0 saturated carbocycles. The molecule has 40 valence electrons. The predicted octanol–water partition coefficient (Wildman–Crippen LogP) is 1.30. The zero-order valence-corrected chi connectivity index (χ0v) is 5.06. The molecule has 2 nitrogen and oxygen atoms in total. The van der Waals surface area contributed by atoms with E-state index in [9.17, 15) is 4.57 Å². The van der Waals surface area contributed by atoms with Crippen LogP contribution in [-0.4, -0.2) is 11.1 Å². The second-order valence-electron chi connectivity index (χ2n) is 1.10. The van der Waals surface area contributed by atoms with Gasteiger partial charge in [0.1, 0.15) is 0 Å². The molecular formula is C4H8O2P+. The van der Waals surface area contributed by atoms with Crippen LogP contribution in [0.3, 0.4) is 0 Å². The average Bonchev–Trinajstić information content (AvgIpc) is 1.61. The third-order valence-corrected chi connectivity index (χ3v) is 1.02. The smallest absolute Gasteiger partial charge is 0.160 e. The molecule has 3 heteroatoms. The van der Waals surface area contributed by atoms with E-state index in [-0.39, 0.29) is 6.16 Å². The zero-order valence-electron chi connectivity index (χ0n) is 4.16. The van der Waals surface area contributed by atoms with Crippen LogP contribution in [0.2, 0.25) is 0 Å². The summed E-state index contributed by atoms with van der Waals surface area (Å²) in [7, 11) is -1.94. The Balaban J connectivity index is 3.14. The van der Waals surface area contributed by atoms with Crippen LogP contribution in [0.15, 0.2) is 12.2 Å². The van der Waals surface area contributed by atoms with Gasteiger partial charge in [-0.1, -0.05) is 6.08 Å². The first-order chi connectivity index (χ1) is 3.27. The van der Waals surface area contributed by atoms with E-state index in [4.69, 9.17) is 4.89 Å². The molecule has 0 aromatic carbocycles. The van der Waals surface area contributed by atoms with Crippen molar-refractivity contribution in [3.05, 3.63) is 12.2 Å². The molecule has 1 atom stereocenters. The molecule has 0 radical (unpaired) electrons. The standard InChI is InChI=1S/C4H7O2P/c1-2-3-4-7(5)6/h2-3H,4H2,1H3/p+1/b3-2+. The Kier molecular flexibility index (Phi) is 3.86. The minimum Gasteiger partial charge on any atom is -0.160 e. The van der Waals surface area contributed by atoms with Gasteiger partial charge >= 0.3 is 8.03 Å². The van der Waals surface area contributed by atoms with E-state index in [0.29, 0.717) is 0 Å². The normalized spacial score (nSPS) is 12.6. The summed E-state index contributed by atoms with van der Waals surface area (Å²) in [5.74, 6) is 0. The van der Waals surface area contributed by atoms with E-state index in [0.717, 1.165) is 0 Å². The quantitative estimate of drug-likeness (QED) is 0.439. The second kappa shape index (κ2) is 3.97. The van der Waals surface area contributed by atoms with Crippen LogP contribution < -0.4 is 0 Å². The van der Waals surface area contributed by atoms with Gasteiger partial charge in [-0.05, 0) is 17.6 Å². The van der Waals surface area contributed by atoms with Gasteiger partial charge in [-0.25, -0.2) is 0 Å². The largest absolute Gasteiger partial charge is 0.509 e. The minimum absolute atomic E-state index is 0.284. The van der Waals surface area contributed by atoms with Crippen molar-refractivity contribution in [2.75, 3.05) is 6.16 Å². The van der Waals surface area contributed by atoms with E-state index in [2.05, 4.69) is 0 Å². The zero-order chi connectivity index (χ0) is 5.70. The molecule has 0 aliphatic rings. The predicted molar refractivity (Wildman–Crippen MR) is 29.5 cm³/mol. The van der Waals surface area contributed by atoms with Crippen molar-refractivity contribution in [3.63, 3.8) is 0 Å². The van der Waals surface area contributed by atoms with Crippen molar-refractivity contribution >= 4 is 8.03 Å². The molecule has 0 rings (SSSR count). The lowest BCUT2D eigenvalue weighted by Crippen LogP contribution is -1.63. The SMILES string of the molecule is C/C=C/C[P+](=O)O. The summed E-state index contributed by atoms with van der Waals surface area (Å²) in [6, 6.07) is 0. The van der Waals surface area contributed by atoms with Crippen molar-refractivity contribution in [1.82, 2.24) is 0 Å². The number of hydrogen-bond acceptors (Lipinski definition) is 1. The lowest BCUT2D eigenvalue weighted by atomic mass is 10.6. The summed E-state index contributed by atoms with van der Waals surface area (Å²) in [5.41, 5.74) is 0. The molecule has 0 saturated heterocycles. The average molecular weight is 119 g/mol. The van der Waals surface area contributed by atoms with Crippen LogP contribution in [0.1, 0.15) is 6.92 Å². The monoisotopic (exact) mass is 119 g/mol. The summed E-state index contributed by atoms with van der Waals surface area (Å²) in [5, 5.41) is 0. The fourth-order valence-electron chi connectivity index (χ4n) is 0.196. The van der Waals surface area contributed by atoms with Crippen LogP contribution in [0, 0.1) is 0 Å². The molecule has 1 N–H and O–H groups in total. The highest BCUT2D eigenvalue weighted by Crippen LogP contribution is 2.10. The first-order valence-electron chi connectivity index (χ1n) is 2.02. The summed E-state index contributed by atoms with van der Waals surface area (Å²) in [6.07, 6.45) is 3.70. The molecule has 1 unspecified atom stereocenters. The first kappa shape index (κ1) is 6.80. The van der Waals surface area contributed by atoms with Gasteiger partial charge in [0.05, 0.1) is 0 Å². The van der Waals surface area contributed by atoms with Gasteiger partial charge in [0, 0.05) is 0 Å². The number of hydrogen-bond donors (Lipinski definition) is 1. The van der Waals surface area contributed by atoms with Crippen molar-refractivity contribution in [1.29, 1.82) is 0 Å². The minimum atomic E-state index is -1.94. The Labute approximate surface area is 43.7 Å². The van der Waals surface area contributed by atoms with E-state index in [1.54, 1.807) is 12.2 Å². The van der Waals surface area contributed by atoms with Crippen LogP contribution in [0.4, 0.5) is 0 Å². The maximum Gasteiger partial charge on any atom is 0.509 e. The molecule has 0 fully saturated rings. The van der Waals surface area contributed by atoms with Gasteiger partial charge in [-0.2, -0.15) is 4.89 Å². The molecule has 0 spiro atoms. The van der Waals surface area contributed by atoms with Gasteiger partial charge in [-0.3, -0.25) is 0 Å². The molecular weight excluding hydrogens is 111 g/mol. The van der Waals surface area contributed by atoms with Crippen LogP contribution in [-0.2, 0) is 4.57 Å². The molecule has 0 aliphatic heterocycles. The first-order valence-corrected chi connectivity index (χ1v) is 3.42. The van der Waals surface area contributed by atoms with Gasteiger partial charge < -0.3 is 0 Å². The van der Waals surface area contributed by atoms with E-state index in [1.807, 2.05) is 6.92 Å². The van der Waals surface area contributed by atoms with Crippen molar-refractivity contribution in [3.8, 4) is 0 Å². The maximum absolute atomic E-state index is 9.86. The number of allylic oxidation sites excluding steroid dienone is 2. The fraction of sp³-hybridized carbons (Fsp3) is 0.500. The summed E-state index contributed by atoms with van der Waals surface area (Å²) in [4.78, 5) is 8.14. The third-order valence-electron chi connectivity index (χ3n) is 0.497. The van der Waals surface area contributed by atoms with Crippen molar-refractivity contribution in [2.45, 2.75) is 6.92 Å². The van der Waals surface area contributed by atoms with Gasteiger partial charge in [-0.15, -0.1) is 0 Å². The molecule has 0 aromatic heterocycles. The van der Waals surface area contributed by atoms with E-state index < -0.39 is 8.03 Å². The van der Waals surface area contributed by atoms with Crippen LogP contribution in [0.5, 0.6) is 0 Å². The molecule has 0 aromatic rings. The summed E-state index contributed by atoms with van der Waals surface area (Å²) in [6.45, 7) is 1.82. The van der Waals surface area contributed by atoms with Gasteiger partial charge in [0.15, 0.2) is 6.16 Å². The van der Waals surface area contributed by atoms with Crippen LogP contribution >= 0.6 is 8.03 Å². The molecule has 0 heterocycles. The topological polar surface area (TPSA) is 37.3 Å². The highest BCUT2D eigenvalue weighted by molar-refractivity contribution is 7.38. The maximum atomic E-state index is 9.86. The van der Waals surface area contributed by atoms with Gasteiger partial charge in [0.2, 0.25) is 0 Å². The molecule has 0 bridgehead atoms. The lowest BCUT2D eigenvalue weighted by Gasteiger charge is -1.63. The van der Waals surface area contributed by atoms with E-state index in [1.165, 1.54) is 0 Å². The van der Waals surface area contributed by atoms with Gasteiger partial charge in [0.25, 0.3) is 0 Å². The van der Waals surface area contributed by atoms with Crippen LogP contribution in [0.25, 0.3) is 0 Å². The summed E-state index contributed by atoms with van der Waals surface area (Å²) < 4.78 is 9.86. The van der Waals surface area contributed by atoms with Crippen molar-refractivity contribution < 1.29 is 9.46 Å². The van der Waals surface area contributed by atoms with Crippen molar-refractivity contribution in [2.24, 2.45) is 0 Å². The Morgan fingerprint density at radius 2 is 2.43 bits per heavy atom. The molecule has 0 amide bonds. The highest BCUT2D eigenvalue weighted by atomic mass is 31.1. The Bertz CT molecular complexity index is 87.7.